The van der Waals surface area contributed by atoms with Crippen LogP contribution < -0.4 is 5.32 Å². The van der Waals surface area contributed by atoms with Crippen LogP contribution in [0.2, 0.25) is 0 Å². The number of rotatable bonds is 13. The number of Topliss-reactive ketones (excluding diaryl/α,β-unsaturated/α-hetero) is 1. The minimum absolute atomic E-state index is 0.0262. The van der Waals surface area contributed by atoms with Crippen molar-refractivity contribution < 1.29 is 23.9 Å². The molecular weight excluding hydrogens is 366 g/mol. The Bertz CT molecular complexity index is 606. The van der Waals surface area contributed by atoms with Gasteiger partial charge in [-0.1, -0.05) is 48.5 Å². The summed E-state index contributed by atoms with van der Waals surface area (Å²) in [7, 11) is 0. The monoisotopic (exact) mass is 393 g/mol. The van der Waals surface area contributed by atoms with Crippen LogP contribution in [0.1, 0.15) is 51.0 Å². The van der Waals surface area contributed by atoms with Crippen molar-refractivity contribution in [2.75, 3.05) is 5.75 Å². The zero-order chi connectivity index (χ0) is 19.9. The van der Waals surface area contributed by atoms with Crippen molar-refractivity contribution in [2.45, 2.75) is 58.1 Å². The highest BCUT2D eigenvalue weighted by Crippen LogP contribution is 2.11. The molecule has 1 amide bonds. The molecule has 27 heavy (non-hydrogen) atoms. The largest absolute Gasteiger partial charge is 0.445 e. The molecule has 0 aliphatic heterocycles. The minimum Gasteiger partial charge on any atom is -0.445 e. The van der Waals surface area contributed by atoms with Crippen LogP contribution in [0.25, 0.3) is 0 Å². The van der Waals surface area contributed by atoms with E-state index in [1.165, 1.54) is 6.92 Å². The van der Waals surface area contributed by atoms with E-state index in [1.54, 1.807) is 0 Å². The molecule has 1 atom stereocenters. The Balaban J connectivity index is 2.47. The van der Waals surface area contributed by atoms with Crippen molar-refractivity contribution in [3.8, 4) is 0 Å². The zero-order valence-electron chi connectivity index (χ0n) is 15.6. The number of ether oxygens (including phenoxy) is 1. The standard InChI is InChI=1S/C20H27NO5S/c1-16(23)27-14-12-18(19(24)11-7-2-3-8-13-22)21-20(25)26-15-17-9-5-4-6-10-17/h4-6,9-10,13,18H,2-3,7-8,11-12,14-15H2,1H3,(H,21,25)/t18-/m0/s1. The molecule has 0 saturated heterocycles. The first kappa shape index (κ1) is 22.9. The van der Waals surface area contributed by atoms with Crippen LogP contribution in [0.4, 0.5) is 4.79 Å². The van der Waals surface area contributed by atoms with Crippen molar-refractivity contribution in [1.82, 2.24) is 5.32 Å². The molecule has 1 rings (SSSR count). The summed E-state index contributed by atoms with van der Waals surface area (Å²) in [5.41, 5.74) is 0.859. The number of aldehydes is 1. The smallest absolute Gasteiger partial charge is 0.408 e. The number of unbranched alkanes of at least 4 members (excludes halogenated alkanes) is 3. The van der Waals surface area contributed by atoms with Gasteiger partial charge in [-0.05, 0) is 24.8 Å². The Hall–Kier alpha value is -2.15. The molecule has 0 bridgehead atoms. The number of hydrogen-bond donors (Lipinski definition) is 1. The predicted octanol–water partition coefficient (Wildman–Crippen LogP) is 3.67. The topological polar surface area (TPSA) is 89.5 Å². The summed E-state index contributed by atoms with van der Waals surface area (Å²) in [6.07, 6.45) is 3.64. The fourth-order valence-corrected chi connectivity index (χ4v) is 3.06. The van der Waals surface area contributed by atoms with E-state index < -0.39 is 12.1 Å². The summed E-state index contributed by atoms with van der Waals surface area (Å²) in [6, 6.07) is 8.60. The van der Waals surface area contributed by atoms with Crippen molar-refractivity contribution in [3.05, 3.63) is 35.9 Å². The third kappa shape index (κ3) is 11.2. The Morgan fingerprint density at radius 3 is 2.56 bits per heavy atom. The summed E-state index contributed by atoms with van der Waals surface area (Å²) in [5.74, 6) is 0.373. The van der Waals surface area contributed by atoms with Gasteiger partial charge in [0.05, 0.1) is 6.04 Å². The number of carbonyl (C=O) groups excluding carboxylic acids is 4. The second-order valence-electron chi connectivity index (χ2n) is 6.12. The number of benzene rings is 1. The van der Waals surface area contributed by atoms with Gasteiger partial charge in [0.15, 0.2) is 10.9 Å². The highest BCUT2D eigenvalue weighted by molar-refractivity contribution is 8.13. The molecule has 1 aromatic rings. The lowest BCUT2D eigenvalue weighted by Gasteiger charge is -2.17. The van der Waals surface area contributed by atoms with E-state index in [0.29, 0.717) is 31.4 Å². The Morgan fingerprint density at radius 1 is 1.15 bits per heavy atom. The molecule has 1 N–H and O–H groups in total. The molecule has 7 heteroatoms. The lowest BCUT2D eigenvalue weighted by Crippen LogP contribution is -2.41. The summed E-state index contributed by atoms with van der Waals surface area (Å²) < 4.78 is 5.18. The second-order valence-corrected chi connectivity index (χ2v) is 7.39. The van der Waals surface area contributed by atoms with Crippen LogP contribution in [-0.4, -0.2) is 35.1 Å². The molecule has 148 valence electrons. The van der Waals surface area contributed by atoms with E-state index in [9.17, 15) is 19.2 Å². The fraction of sp³-hybridized carbons (Fsp3) is 0.500. The molecule has 0 aliphatic rings. The summed E-state index contributed by atoms with van der Waals surface area (Å²) in [6.45, 7) is 1.59. The molecule has 6 nitrogen and oxygen atoms in total. The third-order valence-corrected chi connectivity index (χ3v) is 4.70. The van der Waals surface area contributed by atoms with Gasteiger partial charge in [-0.15, -0.1) is 0 Å². The van der Waals surface area contributed by atoms with Crippen LogP contribution in [-0.2, 0) is 25.7 Å². The van der Waals surface area contributed by atoms with E-state index in [4.69, 9.17) is 4.74 Å². The number of nitrogens with one attached hydrogen (secondary N) is 1. The number of alkyl carbamates (subject to hydrolysis) is 1. The molecule has 0 unspecified atom stereocenters. The lowest BCUT2D eigenvalue weighted by atomic mass is 10.0. The maximum absolute atomic E-state index is 12.4. The maximum Gasteiger partial charge on any atom is 0.408 e. The number of amides is 1. The van der Waals surface area contributed by atoms with Gasteiger partial charge in [-0.3, -0.25) is 9.59 Å². The van der Waals surface area contributed by atoms with Gasteiger partial charge in [0.2, 0.25) is 0 Å². The Labute approximate surface area is 164 Å². The average molecular weight is 394 g/mol. The Kier molecular flexibility index (Phi) is 11.8. The van der Waals surface area contributed by atoms with Gasteiger partial charge in [0.1, 0.15) is 12.9 Å². The molecule has 0 radical (unpaired) electrons. The number of ketones is 1. The van der Waals surface area contributed by atoms with E-state index in [2.05, 4.69) is 5.32 Å². The van der Waals surface area contributed by atoms with Gasteiger partial charge in [0, 0.05) is 25.5 Å². The quantitative estimate of drug-likeness (QED) is 0.406. The molecule has 0 fully saturated rings. The number of thioether (sulfide) groups is 1. The Morgan fingerprint density at radius 2 is 1.89 bits per heavy atom. The van der Waals surface area contributed by atoms with Gasteiger partial charge < -0.3 is 14.8 Å². The van der Waals surface area contributed by atoms with E-state index in [1.807, 2.05) is 30.3 Å². The van der Waals surface area contributed by atoms with Gasteiger partial charge in [-0.25, -0.2) is 4.79 Å². The fourth-order valence-electron chi connectivity index (χ4n) is 2.42. The van der Waals surface area contributed by atoms with Crippen molar-refractivity contribution in [1.29, 1.82) is 0 Å². The molecule has 0 spiro atoms. The SMILES string of the molecule is CC(=O)SCC[C@H](NC(=O)OCc1ccccc1)C(=O)CCCCCC=O. The van der Waals surface area contributed by atoms with Gasteiger partial charge >= 0.3 is 6.09 Å². The van der Waals surface area contributed by atoms with Gasteiger partial charge in [-0.2, -0.15) is 0 Å². The van der Waals surface area contributed by atoms with Crippen molar-refractivity contribution >= 4 is 35.0 Å². The van der Waals surface area contributed by atoms with E-state index in [-0.39, 0.29) is 17.5 Å². The normalized spacial score (nSPS) is 11.4. The predicted molar refractivity (Wildman–Crippen MR) is 105 cm³/mol. The van der Waals surface area contributed by atoms with Crippen LogP contribution >= 0.6 is 11.8 Å². The first-order chi connectivity index (χ1) is 13.0. The molecular formula is C20H27NO5S. The third-order valence-electron chi connectivity index (χ3n) is 3.85. The molecule has 0 aromatic heterocycles. The van der Waals surface area contributed by atoms with Crippen LogP contribution in [0.15, 0.2) is 30.3 Å². The second kappa shape index (κ2) is 14.0. The first-order valence-electron chi connectivity index (χ1n) is 9.10. The van der Waals surface area contributed by atoms with E-state index in [0.717, 1.165) is 36.5 Å². The highest BCUT2D eigenvalue weighted by atomic mass is 32.2. The summed E-state index contributed by atoms with van der Waals surface area (Å²) >= 11 is 1.13. The molecule has 1 aromatic carbocycles. The van der Waals surface area contributed by atoms with Gasteiger partial charge in [0.25, 0.3) is 0 Å². The molecule has 0 saturated carbocycles. The zero-order valence-corrected chi connectivity index (χ0v) is 16.5. The number of hydrogen-bond acceptors (Lipinski definition) is 6. The lowest BCUT2D eigenvalue weighted by molar-refractivity contribution is -0.121. The average Bonchev–Trinajstić information content (AvgIpc) is 2.66. The van der Waals surface area contributed by atoms with Crippen LogP contribution in [0.5, 0.6) is 0 Å². The minimum atomic E-state index is -0.675. The number of carbonyl (C=O) groups is 4. The van der Waals surface area contributed by atoms with Crippen molar-refractivity contribution in [2.24, 2.45) is 0 Å². The summed E-state index contributed by atoms with van der Waals surface area (Å²) in [5, 5.41) is 2.60. The van der Waals surface area contributed by atoms with E-state index >= 15 is 0 Å². The summed E-state index contributed by atoms with van der Waals surface area (Å²) in [4.78, 5) is 45.9. The van der Waals surface area contributed by atoms with Crippen LogP contribution in [0, 0.1) is 0 Å². The molecule has 0 heterocycles. The van der Waals surface area contributed by atoms with Crippen LogP contribution in [0.3, 0.4) is 0 Å². The highest BCUT2D eigenvalue weighted by Gasteiger charge is 2.21. The maximum atomic E-state index is 12.4. The first-order valence-corrected chi connectivity index (χ1v) is 10.1. The molecule has 0 aliphatic carbocycles. The van der Waals surface area contributed by atoms with Crippen molar-refractivity contribution in [3.63, 3.8) is 0 Å².